The lowest BCUT2D eigenvalue weighted by Crippen LogP contribution is -2.43. The lowest BCUT2D eigenvalue weighted by molar-refractivity contribution is -0.126. The van der Waals surface area contributed by atoms with Crippen molar-refractivity contribution in [3.8, 4) is 0 Å². The fourth-order valence-electron chi connectivity index (χ4n) is 3.31. The fourth-order valence-corrected chi connectivity index (χ4v) is 3.96. The number of likely N-dealkylation sites (tertiary alicyclic amines) is 1. The first-order valence-corrected chi connectivity index (χ1v) is 9.96. The van der Waals surface area contributed by atoms with Crippen LogP contribution in [0.2, 0.25) is 0 Å². The van der Waals surface area contributed by atoms with Gasteiger partial charge in [0.05, 0.1) is 10.7 Å². The van der Waals surface area contributed by atoms with Crippen LogP contribution >= 0.6 is 11.3 Å². The van der Waals surface area contributed by atoms with Crippen molar-refractivity contribution < 1.29 is 9.59 Å². The first-order chi connectivity index (χ1) is 12.5. The normalized spacial score (nSPS) is 15.1. The second kappa shape index (κ2) is 8.45. The molecular weight excluding hydrogens is 346 g/mol. The van der Waals surface area contributed by atoms with Crippen molar-refractivity contribution in [3.05, 3.63) is 51.5 Å². The van der Waals surface area contributed by atoms with Crippen molar-refractivity contribution in [1.82, 2.24) is 15.2 Å². The Kier molecular flexibility index (Phi) is 6.04. The van der Waals surface area contributed by atoms with Crippen LogP contribution in [0.15, 0.2) is 29.6 Å². The second-order valence-corrected chi connectivity index (χ2v) is 7.84. The highest BCUT2D eigenvalue weighted by atomic mass is 32.1. The summed E-state index contributed by atoms with van der Waals surface area (Å²) in [5, 5.41) is 6.11. The predicted molar refractivity (Wildman–Crippen MR) is 103 cm³/mol. The zero-order valence-corrected chi connectivity index (χ0v) is 16.1. The molecule has 0 aliphatic carbocycles. The summed E-state index contributed by atoms with van der Waals surface area (Å²) in [6.45, 7) is 5.83. The number of nitrogens with zero attached hydrogens (tertiary/aromatic N) is 2. The van der Waals surface area contributed by atoms with Crippen LogP contribution in [0.5, 0.6) is 0 Å². The third kappa shape index (κ3) is 4.49. The molecule has 1 aliphatic rings. The number of carbonyl (C=O) groups excluding carboxylic acids is 2. The first-order valence-electron chi connectivity index (χ1n) is 9.08. The summed E-state index contributed by atoms with van der Waals surface area (Å²) >= 11 is 1.63. The maximum absolute atomic E-state index is 12.6. The van der Waals surface area contributed by atoms with E-state index in [0.717, 1.165) is 41.1 Å². The van der Waals surface area contributed by atoms with Gasteiger partial charge in [-0.1, -0.05) is 18.2 Å². The summed E-state index contributed by atoms with van der Waals surface area (Å²) in [5.41, 5.74) is 2.79. The molecule has 2 amide bonds. The summed E-state index contributed by atoms with van der Waals surface area (Å²) in [7, 11) is 0. The number of amides is 2. The Balaban J connectivity index is 1.45. The van der Waals surface area contributed by atoms with E-state index in [-0.39, 0.29) is 17.7 Å². The number of carbonyl (C=O) groups is 2. The van der Waals surface area contributed by atoms with Crippen LogP contribution in [0.25, 0.3) is 0 Å². The van der Waals surface area contributed by atoms with Gasteiger partial charge in [0.2, 0.25) is 5.91 Å². The Morgan fingerprint density at radius 3 is 2.62 bits per heavy atom. The van der Waals surface area contributed by atoms with Crippen LogP contribution in [-0.2, 0) is 11.2 Å². The monoisotopic (exact) mass is 371 g/mol. The molecular formula is C20H25N3O2S. The van der Waals surface area contributed by atoms with E-state index in [0.29, 0.717) is 19.6 Å². The molecule has 2 heterocycles. The highest BCUT2D eigenvalue weighted by Crippen LogP contribution is 2.20. The minimum atomic E-state index is -0.00640. The van der Waals surface area contributed by atoms with Gasteiger partial charge >= 0.3 is 0 Å². The number of hydrogen-bond acceptors (Lipinski definition) is 4. The number of hydrogen-bond donors (Lipinski definition) is 1. The molecule has 1 fully saturated rings. The summed E-state index contributed by atoms with van der Waals surface area (Å²) < 4.78 is 0. The SMILES string of the molecule is Cc1nc(CCNC(=O)C2CCN(C(=O)c3ccccc3C)CC2)cs1. The highest BCUT2D eigenvalue weighted by molar-refractivity contribution is 7.09. The van der Waals surface area contributed by atoms with Crippen LogP contribution in [0.4, 0.5) is 0 Å². The molecule has 0 atom stereocenters. The molecule has 0 saturated carbocycles. The van der Waals surface area contributed by atoms with Crippen molar-refractivity contribution in [1.29, 1.82) is 0 Å². The van der Waals surface area contributed by atoms with E-state index >= 15 is 0 Å². The molecule has 1 aromatic carbocycles. The van der Waals surface area contributed by atoms with E-state index in [1.54, 1.807) is 11.3 Å². The minimum Gasteiger partial charge on any atom is -0.355 e. The Bertz CT molecular complexity index is 779. The summed E-state index contributed by atoms with van der Waals surface area (Å²) in [6.07, 6.45) is 2.21. The Labute approximate surface area is 158 Å². The van der Waals surface area contributed by atoms with E-state index < -0.39 is 0 Å². The topological polar surface area (TPSA) is 62.3 Å². The van der Waals surface area contributed by atoms with E-state index in [4.69, 9.17) is 0 Å². The van der Waals surface area contributed by atoms with Gasteiger partial charge in [-0.2, -0.15) is 0 Å². The van der Waals surface area contributed by atoms with Crippen molar-refractivity contribution >= 4 is 23.2 Å². The second-order valence-electron chi connectivity index (χ2n) is 6.78. The zero-order valence-electron chi connectivity index (χ0n) is 15.3. The van der Waals surface area contributed by atoms with Gasteiger partial charge < -0.3 is 10.2 Å². The number of nitrogens with one attached hydrogen (secondary N) is 1. The van der Waals surface area contributed by atoms with Gasteiger partial charge in [-0.05, 0) is 38.3 Å². The summed E-state index contributed by atoms with van der Waals surface area (Å²) in [6, 6.07) is 7.66. The molecule has 3 rings (SSSR count). The molecule has 2 aromatic rings. The maximum atomic E-state index is 12.6. The van der Waals surface area contributed by atoms with Gasteiger partial charge in [-0.15, -0.1) is 11.3 Å². The van der Waals surface area contributed by atoms with E-state index in [9.17, 15) is 9.59 Å². The van der Waals surface area contributed by atoms with Gasteiger partial charge in [0.1, 0.15) is 0 Å². The molecule has 1 aliphatic heterocycles. The van der Waals surface area contributed by atoms with Crippen LogP contribution in [0, 0.1) is 19.8 Å². The number of aromatic nitrogens is 1. The van der Waals surface area contributed by atoms with Gasteiger partial charge in [-0.25, -0.2) is 4.98 Å². The lowest BCUT2D eigenvalue weighted by Gasteiger charge is -2.31. The van der Waals surface area contributed by atoms with E-state index in [2.05, 4.69) is 10.3 Å². The molecule has 1 saturated heterocycles. The van der Waals surface area contributed by atoms with Crippen LogP contribution in [0.3, 0.4) is 0 Å². The Hall–Kier alpha value is -2.21. The molecule has 0 spiro atoms. The summed E-state index contributed by atoms with van der Waals surface area (Å²) in [4.78, 5) is 31.3. The van der Waals surface area contributed by atoms with E-state index in [1.165, 1.54) is 0 Å². The van der Waals surface area contributed by atoms with Crippen molar-refractivity contribution in [3.63, 3.8) is 0 Å². The Morgan fingerprint density at radius 1 is 1.23 bits per heavy atom. The highest BCUT2D eigenvalue weighted by Gasteiger charge is 2.28. The van der Waals surface area contributed by atoms with Gasteiger partial charge in [-0.3, -0.25) is 9.59 Å². The average Bonchev–Trinajstić information content (AvgIpc) is 3.07. The smallest absolute Gasteiger partial charge is 0.254 e. The molecule has 0 unspecified atom stereocenters. The van der Waals surface area contributed by atoms with Crippen molar-refractivity contribution in [2.45, 2.75) is 33.1 Å². The van der Waals surface area contributed by atoms with E-state index in [1.807, 2.05) is 48.4 Å². The zero-order chi connectivity index (χ0) is 18.5. The summed E-state index contributed by atoms with van der Waals surface area (Å²) in [5.74, 6) is 0.161. The maximum Gasteiger partial charge on any atom is 0.254 e. The minimum absolute atomic E-state index is 0.00640. The number of benzene rings is 1. The van der Waals surface area contributed by atoms with Crippen molar-refractivity contribution in [2.75, 3.05) is 19.6 Å². The third-order valence-electron chi connectivity index (χ3n) is 4.88. The van der Waals surface area contributed by atoms with Crippen LogP contribution in [0.1, 0.15) is 39.5 Å². The quantitative estimate of drug-likeness (QED) is 0.879. The third-order valence-corrected chi connectivity index (χ3v) is 5.70. The molecule has 26 heavy (non-hydrogen) atoms. The Morgan fingerprint density at radius 2 is 1.96 bits per heavy atom. The largest absolute Gasteiger partial charge is 0.355 e. The standard InChI is InChI=1S/C20H25N3O2S/c1-14-5-3-4-6-18(14)20(25)23-11-8-16(9-12-23)19(24)21-10-7-17-13-26-15(2)22-17/h3-6,13,16H,7-12H2,1-2H3,(H,21,24). The average molecular weight is 372 g/mol. The molecule has 1 N–H and O–H groups in total. The van der Waals surface area contributed by atoms with Gasteiger partial charge in [0.15, 0.2) is 0 Å². The van der Waals surface area contributed by atoms with Crippen LogP contribution < -0.4 is 5.32 Å². The first kappa shape index (κ1) is 18.6. The molecule has 138 valence electrons. The van der Waals surface area contributed by atoms with Gasteiger partial charge in [0.25, 0.3) is 5.91 Å². The number of aryl methyl sites for hydroxylation is 2. The van der Waals surface area contributed by atoms with Gasteiger partial charge in [0, 0.05) is 42.9 Å². The molecule has 0 bridgehead atoms. The molecule has 1 aromatic heterocycles. The number of rotatable bonds is 5. The lowest BCUT2D eigenvalue weighted by atomic mass is 9.95. The molecule has 0 radical (unpaired) electrons. The molecule has 6 heteroatoms. The molecule has 5 nitrogen and oxygen atoms in total. The number of thiazole rings is 1. The fraction of sp³-hybridized carbons (Fsp3) is 0.450. The van der Waals surface area contributed by atoms with Crippen LogP contribution in [-0.4, -0.2) is 41.3 Å². The van der Waals surface area contributed by atoms with Crippen molar-refractivity contribution in [2.24, 2.45) is 5.92 Å². The number of piperidine rings is 1. The predicted octanol–water partition coefficient (Wildman–Crippen LogP) is 2.97.